The molecule has 1 unspecified atom stereocenters. The molecule has 0 radical (unpaired) electrons. The summed E-state index contributed by atoms with van der Waals surface area (Å²) in [4.78, 5) is 24.7. The van der Waals surface area contributed by atoms with Gasteiger partial charge in [-0.2, -0.15) is 0 Å². The number of nitrogens with one attached hydrogen (secondary N) is 1. The molecule has 0 aromatic carbocycles. The smallest absolute Gasteiger partial charge is 0.308 e. The molecule has 1 aliphatic rings. The second-order valence-electron chi connectivity index (χ2n) is 4.64. The molecule has 17 heavy (non-hydrogen) atoms. The van der Waals surface area contributed by atoms with E-state index in [1.807, 2.05) is 6.92 Å². The van der Waals surface area contributed by atoms with Crippen LogP contribution >= 0.6 is 0 Å². The molecule has 0 aromatic heterocycles. The fourth-order valence-electron chi connectivity index (χ4n) is 2.11. The molecule has 1 rings (SSSR count). The third kappa shape index (κ3) is 4.00. The minimum absolute atomic E-state index is 0.0668. The predicted octanol–water partition coefficient (Wildman–Crippen LogP) is 0.555. The van der Waals surface area contributed by atoms with Gasteiger partial charge in [0.15, 0.2) is 0 Å². The molecule has 98 valence electrons. The molecule has 0 spiro atoms. The van der Waals surface area contributed by atoms with Gasteiger partial charge in [0.25, 0.3) is 0 Å². The highest BCUT2D eigenvalue weighted by Gasteiger charge is 2.27. The molecule has 1 fully saturated rings. The van der Waals surface area contributed by atoms with E-state index < -0.39 is 11.9 Å². The van der Waals surface area contributed by atoms with E-state index >= 15 is 0 Å². The maximum absolute atomic E-state index is 12.2. The average molecular weight is 242 g/mol. The number of carbonyl (C=O) groups excluding carboxylic acids is 1. The van der Waals surface area contributed by atoms with Crippen molar-refractivity contribution in [1.82, 2.24) is 10.2 Å². The summed E-state index contributed by atoms with van der Waals surface area (Å²) in [5, 5.41) is 12.1. The normalized spacial score (nSPS) is 18.7. The number of nitrogens with zero attached hydrogens (tertiary/aromatic N) is 1. The molecule has 1 amide bonds. The highest BCUT2D eigenvalue weighted by Crippen LogP contribution is 2.16. The molecule has 1 heterocycles. The Bertz CT molecular complexity index is 275. The number of aliphatic carboxylic acids is 1. The molecule has 1 saturated heterocycles. The van der Waals surface area contributed by atoms with E-state index in [4.69, 9.17) is 5.11 Å². The van der Waals surface area contributed by atoms with Gasteiger partial charge < -0.3 is 15.3 Å². The Morgan fingerprint density at radius 1 is 1.41 bits per heavy atom. The SMILES string of the molecule is CCN(CC(C)C(=O)O)C(=O)C1CCNCC1. The Kier molecular flexibility index (Phi) is 5.41. The van der Waals surface area contributed by atoms with Gasteiger partial charge in [0.2, 0.25) is 5.91 Å². The first kappa shape index (κ1) is 14.0. The summed E-state index contributed by atoms with van der Waals surface area (Å²) in [5.41, 5.74) is 0. The van der Waals surface area contributed by atoms with Gasteiger partial charge in [0, 0.05) is 19.0 Å². The van der Waals surface area contributed by atoms with Crippen LogP contribution in [0.15, 0.2) is 0 Å². The quantitative estimate of drug-likeness (QED) is 0.739. The summed E-state index contributed by atoms with van der Waals surface area (Å²) in [6.45, 7) is 6.19. The van der Waals surface area contributed by atoms with Gasteiger partial charge in [-0.05, 0) is 32.9 Å². The second kappa shape index (κ2) is 6.59. The van der Waals surface area contributed by atoms with Crippen LogP contribution in [0.3, 0.4) is 0 Å². The fraction of sp³-hybridized carbons (Fsp3) is 0.833. The van der Waals surface area contributed by atoms with Crippen molar-refractivity contribution >= 4 is 11.9 Å². The number of carboxylic acid groups (broad SMARTS) is 1. The Balaban J connectivity index is 2.53. The van der Waals surface area contributed by atoms with Gasteiger partial charge in [-0.1, -0.05) is 6.92 Å². The zero-order chi connectivity index (χ0) is 12.8. The molecule has 1 atom stereocenters. The molecule has 0 aliphatic carbocycles. The highest BCUT2D eigenvalue weighted by molar-refractivity contribution is 5.79. The highest BCUT2D eigenvalue weighted by atomic mass is 16.4. The summed E-state index contributed by atoms with van der Waals surface area (Å²) < 4.78 is 0. The van der Waals surface area contributed by atoms with Crippen LogP contribution in [0.1, 0.15) is 26.7 Å². The van der Waals surface area contributed by atoms with Gasteiger partial charge in [0.05, 0.1) is 5.92 Å². The molecular weight excluding hydrogens is 220 g/mol. The summed E-state index contributed by atoms with van der Waals surface area (Å²) in [5.74, 6) is -1.17. The zero-order valence-corrected chi connectivity index (χ0v) is 10.6. The number of hydrogen-bond donors (Lipinski definition) is 2. The van der Waals surface area contributed by atoms with Gasteiger partial charge in [0.1, 0.15) is 0 Å². The Morgan fingerprint density at radius 3 is 2.47 bits per heavy atom. The van der Waals surface area contributed by atoms with Crippen LogP contribution in [0.5, 0.6) is 0 Å². The number of carbonyl (C=O) groups is 2. The third-order valence-corrected chi connectivity index (χ3v) is 3.30. The van der Waals surface area contributed by atoms with E-state index in [2.05, 4.69) is 5.32 Å². The number of rotatable bonds is 5. The molecule has 0 aromatic rings. The molecular formula is C12H22N2O3. The Morgan fingerprint density at radius 2 is 2.00 bits per heavy atom. The van der Waals surface area contributed by atoms with Crippen molar-refractivity contribution in [2.24, 2.45) is 11.8 Å². The van der Waals surface area contributed by atoms with Crippen LogP contribution in [0.25, 0.3) is 0 Å². The first-order valence-corrected chi connectivity index (χ1v) is 6.28. The lowest BCUT2D eigenvalue weighted by Gasteiger charge is -2.29. The van der Waals surface area contributed by atoms with Crippen molar-refractivity contribution in [3.63, 3.8) is 0 Å². The monoisotopic (exact) mass is 242 g/mol. The number of piperidine rings is 1. The van der Waals surface area contributed by atoms with Crippen LogP contribution < -0.4 is 5.32 Å². The third-order valence-electron chi connectivity index (χ3n) is 3.30. The summed E-state index contributed by atoms with van der Waals surface area (Å²) in [6.07, 6.45) is 1.72. The summed E-state index contributed by atoms with van der Waals surface area (Å²) in [7, 11) is 0. The maximum atomic E-state index is 12.2. The van der Waals surface area contributed by atoms with Gasteiger partial charge in [-0.25, -0.2) is 0 Å². The lowest BCUT2D eigenvalue weighted by Crippen LogP contribution is -2.43. The molecule has 1 aliphatic heterocycles. The van der Waals surface area contributed by atoms with Crippen molar-refractivity contribution in [3.05, 3.63) is 0 Å². The van der Waals surface area contributed by atoms with Gasteiger partial charge in [-0.15, -0.1) is 0 Å². The Labute approximate surface area is 102 Å². The predicted molar refractivity (Wildman–Crippen MR) is 64.6 cm³/mol. The molecule has 0 saturated carbocycles. The number of amides is 1. The largest absolute Gasteiger partial charge is 0.481 e. The van der Waals surface area contributed by atoms with Crippen molar-refractivity contribution in [2.75, 3.05) is 26.2 Å². The van der Waals surface area contributed by atoms with Crippen LogP contribution in [0.2, 0.25) is 0 Å². The van der Waals surface area contributed by atoms with Crippen LogP contribution in [-0.2, 0) is 9.59 Å². The topological polar surface area (TPSA) is 69.6 Å². The lowest BCUT2D eigenvalue weighted by atomic mass is 9.96. The molecule has 0 bridgehead atoms. The number of hydrogen-bond acceptors (Lipinski definition) is 3. The van der Waals surface area contributed by atoms with Crippen molar-refractivity contribution < 1.29 is 14.7 Å². The van der Waals surface area contributed by atoms with Crippen molar-refractivity contribution in [3.8, 4) is 0 Å². The standard InChI is InChI=1S/C12H22N2O3/c1-3-14(8-9(2)12(16)17)11(15)10-4-6-13-7-5-10/h9-10,13H,3-8H2,1-2H3,(H,16,17). The van der Waals surface area contributed by atoms with E-state index in [1.54, 1.807) is 11.8 Å². The van der Waals surface area contributed by atoms with Crippen LogP contribution in [0, 0.1) is 11.8 Å². The first-order valence-electron chi connectivity index (χ1n) is 6.28. The summed E-state index contributed by atoms with van der Waals surface area (Å²) in [6, 6.07) is 0. The summed E-state index contributed by atoms with van der Waals surface area (Å²) >= 11 is 0. The van der Waals surface area contributed by atoms with E-state index in [0.29, 0.717) is 13.1 Å². The first-order chi connectivity index (χ1) is 8.06. The molecule has 5 heteroatoms. The minimum Gasteiger partial charge on any atom is -0.481 e. The van der Waals surface area contributed by atoms with Crippen molar-refractivity contribution in [2.45, 2.75) is 26.7 Å². The zero-order valence-electron chi connectivity index (χ0n) is 10.6. The maximum Gasteiger partial charge on any atom is 0.308 e. The van der Waals surface area contributed by atoms with Crippen LogP contribution in [0.4, 0.5) is 0 Å². The average Bonchev–Trinajstić information content (AvgIpc) is 2.35. The van der Waals surface area contributed by atoms with Crippen molar-refractivity contribution in [1.29, 1.82) is 0 Å². The van der Waals surface area contributed by atoms with E-state index in [-0.39, 0.29) is 11.8 Å². The number of carboxylic acids is 1. The Hall–Kier alpha value is -1.10. The van der Waals surface area contributed by atoms with Crippen LogP contribution in [-0.4, -0.2) is 48.1 Å². The second-order valence-corrected chi connectivity index (χ2v) is 4.64. The van der Waals surface area contributed by atoms with E-state index in [0.717, 1.165) is 25.9 Å². The molecule has 5 nitrogen and oxygen atoms in total. The van der Waals surface area contributed by atoms with E-state index in [1.165, 1.54) is 0 Å². The van der Waals surface area contributed by atoms with Gasteiger partial charge >= 0.3 is 5.97 Å². The molecule has 2 N–H and O–H groups in total. The lowest BCUT2D eigenvalue weighted by molar-refractivity contribution is -0.144. The van der Waals surface area contributed by atoms with Gasteiger partial charge in [-0.3, -0.25) is 9.59 Å². The minimum atomic E-state index is -0.846. The van der Waals surface area contributed by atoms with E-state index in [9.17, 15) is 9.59 Å². The fourth-order valence-corrected chi connectivity index (χ4v) is 2.11.